The molecule has 2 heterocycles. The van der Waals surface area contributed by atoms with Gasteiger partial charge in [-0.1, -0.05) is 12.1 Å². The van der Waals surface area contributed by atoms with Crippen molar-refractivity contribution < 1.29 is 0 Å². The lowest BCUT2D eigenvalue weighted by atomic mass is 10.1. The third-order valence-corrected chi connectivity index (χ3v) is 5.01. The van der Waals surface area contributed by atoms with Gasteiger partial charge in [0.1, 0.15) is 0 Å². The standard InChI is InChI=1S/C19H21N3S/c1-14-7-8-18(12-15(14)2)21-19-22(16(3)13-23-19)11-9-17-6-4-5-10-20-17/h4-8,10,12-13H,9,11H2,1-3H3. The number of thiazole rings is 1. The van der Waals surface area contributed by atoms with Crippen LogP contribution in [0.1, 0.15) is 22.5 Å². The van der Waals surface area contributed by atoms with E-state index in [0.717, 1.165) is 29.1 Å². The van der Waals surface area contributed by atoms with Crippen LogP contribution >= 0.6 is 11.3 Å². The number of benzene rings is 1. The van der Waals surface area contributed by atoms with Gasteiger partial charge in [0.25, 0.3) is 0 Å². The van der Waals surface area contributed by atoms with E-state index in [2.05, 4.69) is 60.0 Å². The van der Waals surface area contributed by atoms with Gasteiger partial charge in [0.2, 0.25) is 0 Å². The summed E-state index contributed by atoms with van der Waals surface area (Å²) in [5.41, 5.74) is 5.95. The van der Waals surface area contributed by atoms with Gasteiger partial charge in [-0.15, -0.1) is 11.3 Å². The van der Waals surface area contributed by atoms with E-state index in [0.29, 0.717) is 0 Å². The summed E-state index contributed by atoms with van der Waals surface area (Å²) in [5, 5.41) is 2.16. The smallest absolute Gasteiger partial charge is 0.190 e. The maximum Gasteiger partial charge on any atom is 0.190 e. The normalized spacial score (nSPS) is 11.9. The van der Waals surface area contributed by atoms with Crippen molar-refractivity contribution in [1.82, 2.24) is 9.55 Å². The van der Waals surface area contributed by atoms with Crippen molar-refractivity contribution in [2.75, 3.05) is 0 Å². The van der Waals surface area contributed by atoms with Gasteiger partial charge in [-0.25, -0.2) is 4.99 Å². The minimum Gasteiger partial charge on any atom is -0.321 e. The second-order valence-corrected chi connectivity index (χ2v) is 6.60. The second-order valence-electron chi connectivity index (χ2n) is 5.76. The SMILES string of the molecule is Cc1ccc(N=c2scc(C)n2CCc2ccccn2)cc1C. The van der Waals surface area contributed by atoms with E-state index in [-0.39, 0.29) is 0 Å². The summed E-state index contributed by atoms with van der Waals surface area (Å²) in [7, 11) is 0. The lowest BCUT2D eigenvalue weighted by molar-refractivity contribution is 0.650. The zero-order valence-corrected chi connectivity index (χ0v) is 14.6. The lowest BCUT2D eigenvalue weighted by Crippen LogP contribution is -2.17. The van der Waals surface area contributed by atoms with Crippen LogP contribution in [-0.2, 0) is 13.0 Å². The molecule has 3 rings (SSSR count). The third kappa shape index (κ3) is 3.77. The minimum absolute atomic E-state index is 0.899. The summed E-state index contributed by atoms with van der Waals surface area (Å²) in [6.07, 6.45) is 2.76. The first-order valence-corrected chi connectivity index (χ1v) is 8.68. The molecule has 4 heteroatoms. The highest BCUT2D eigenvalue weighted by Gasteiger charge is 2.03. The Kier molecular flexibility index (Phi) is 4.72. The van der Waals surface area contributed by atoms with Crippen molar-refractivity contribution >= 4 is 17.0 Å². The average Bonchev–Trinajstić information content (AvgIpc) is 2.90. The second kappa shape index (κ2) is 6.92. The van der Waals surface area contributed by atoms with Gasteiger partial charge >= 0.3 is 0 Å². The minimum atomic E-state index is 0.899. The summed E-state index contributed by atoms with van der Waals surface area (Å²) < 4.78 is 2.27. The van der Waals surface area contributed by atoms with Crippen LogP contribution in [0.4, 0.5) is 5.69 Å². The van der Waals surface area contributed by atoms with E-state index in [9.17, 15) is 0 Å². The molecular weight excluding hydrogens is 302 g/mol. The number of rotatable bonds is 4. The molecule has 118 valence electrons. The molecular formula is C19H21N3S. The predicted octanol–water partition coefficient (Wildman–Crippen LogP) is 4.34. The molecule has 0 spiro atoms. The highest BCUT2D eigenvalue weighted by molar-refractivity contribution is 7.07. The molecule has 0 fully saturated rings. The number of pyridine rings is 1. The number of nitrogens with zero attached hydrogens (tertiary/aromatic N) is 3. The van der Waals surface area contributed by atoms with Crippen LogP contribution in [0.25, 0.3) is 0 Å². The Morgan fingerprint density at radius 2 is 1.96 bits per heavy atom. The molecule has 0 amide bonds. The number of hydrogen-bond acceptors (Lipinski definition) is 3. The van der Waals surface area contributed by atoms with Gasteiger partial charge in [-0.3, -0.25) is 4.98 Å². The molecule has 0 atom stereocenters. The Bertz CT molecular complexity index is 860. The van der Waals surface area contributed by atoms with Crippen LogP contribution in [0.5, 0.6) is 0 Å². The van der Waals surface area contributed by atoms with E-state index in [1.54, 1.807) is 11.3 Å². The van der Waals surface area contributed by atoms with E-state index >= 15 is 0 Å². The number of aryl methyl sites for hydroxylation is 4. The quantitative estimate of drug-likeness (QED) is 0.702. The summed E-state index contributed by atoms with van der Waals surface area (Å²) in [6, 6.07) is 12.4. The summed E-state index contributed by atoms with van der Waals surface area (Å²) in [4.78, 5) is 10.3. The first-order chi connectivity index (χ1) is 11.1. The fourth-order valence-electron chi connectivity index (χ4n) is 2.45. The van der Waals surface area contributed by atoms with Crippen LogP contribution in [0.15, 0.2) is 53.0 Å². The highest BCUT2D eigenvalue weighted by atomic mass is 32.1. The molecule has 0 N–H and O–H groups in total. The maximum absolute atomic E-state index is 4.84. The van der Waals surface area contributed by atoms with E-state index in [4.69, 9.17) is 4.99 Å². The zero-order valence-electron chi connectivity index (χ0n) is 13.8. The van der Waals surface area contributed by atoms with Gasteiger partial charge in [0.05, 0.1) is 5.69 Å². The predicted molar refractivity (Wildman–Crippen MR) is 96.1 cm³/mol. The number of hydrogen-bond donors (Lipinski definition) is 0. The molecule has 0 aliphatic carbocycles. The highest BCUT2D eigenvalue weighted by Crippen LogP contribution is 2.17. The Morgan fingerprint density at radius 1 is 1.09 bits per heavy atom. The Hall–Kier alpha value is -2.20. The van der Waals surface area contributed by atoms with Gasteiger partial charge in [-0.05, 0) is 56.2 Å². The fraction of sp³-hybridized carbons (Fsp3) is 0.263. The van der Waals surface area contributed by atoms with Gasteiger partial charge in [0, 0.05) is 35.9 Å². The Morgan fingerprint density at radius 3 is 2.70 bits per heavy atom. The summed E-state index contributed by atoms with van der Waals surface area (Å²) >= 11 is 1.69. The molecule has 2 aromatic heterocycles. The molecule has 3 aromatic rings. The van der Waals surface area contributed by atoms with Crippen molar-refractivity contribution in [2.45, 2.75) is 33.7 Å². The van der Waals surface area contributed by atoms with Crippen LogP contribution < -0.4 is 4.80 Å². The fourth-order valence-corrected chi connectivity index (χ4v) is 3.38. The summed E-state index contributed by atoms with van der Waals surface area (Å²) in [5.74, 6) is 0. The molecule has 0 aliphatic rings. The van der Waals surface area contributed by atoms with Crippen LogP contribution in [0, 0.1) is 20.8 Å². The molecule has 0 saturated heterocycles. The monoisotopic (exact) mass is 323 g/mol. The van der Waals surface area contributed by atoms with E-state index in [1.165, 1.54) is 16.8 Å². The number of aromatic nitrogens is 2. The molecule has 0 radical (unpaired) electrons. The molecule has 0 aliphatic heterocycles. The first kappa shape index (κ1) is 15.7. The van der Waals surface area contributed by atoms with Gasteiger partial charge < -0.3 is 4.57 Å². The molecule has 0 saturated carbocycles. The molecule has 0 unspecified atom stereocenters. The van der Waals surface area contributed by atoms with E-state index in [1.807, 2.05) is 18.3 Å². The van der Waals surface area contributed by atoms with Gasteiger partial charge in [-0.2, -0.15) is 0 Å². The molecule has 1 aromatic carbocycles. The van der Waals surface area contributed by atoms with Crippen molar-refractivity contribution in [1.29, 1.82) is 0 Å². The summed E-state index contributed by atoms with van der Waals surface area (Å²) in [6.45, 7) is 7.29. The molecule has 3 nitrogen and oxygen atoms in total. The van der Waals surface area contributed by atoms with Crippen molar-refractivity contribution in [3.05, 3.63) is 75.3 Å². The molecule has 0 bridgehead atoms. The van der Waals surface area contributed by atoms with Crippen molar-refractivity contribution in [3.8, 4) is 0 Å². The topological polar surface area (TPSA) is 30.2 Å². The Labute approximate surface area is 141 Å². The first-order valence-electron chi connectivity index (χ1n) is 7.80. The average molecular weight is 323 g/mol. The lowest BCUT2D eigenvalue weighted by Gasteiger charge is -2.06. The van der Waals surface area contributed by atoms with Crippen molar-refractivity contribution in [3.63, 3.8) is 0 Å². The van der Waals surface area contributed by atoms with Crippen LogP contribution in [0.3, 0.4) is 0 Å². The zero-order chi connectivity index (χ0) is 16.2. The molecule has 23 heavy (non-hydrogen) atoms. The van der Waals surface area contributed by atoms with Gasteiger partial charge in [0.15, 0.2) is 4.80 Å². The largest absolute Gasteiger partial charge is 0.321 e. The Balaban J connectivity index is 1.88. The third-order valence-electron chi connectivity index (χ3n) is 4.02. The maximum atomic E-state index is 4.84. The van der Waals surface area contributed by atoms with Crippen LogP contribution in [0.2, 0.25) is 0 Å². The van der Waals surface area contributed by atoms with E-state index < -0.39 is 0 Å². The van der Waals surface area contributed by atoms with Crippen molar-refractivity contribution in [2.24, 2.45) is 4.99 Å². The van der Waals surface area contributed by atoms with Crippen LogP contribution in [-0.4, -0.2) is 9.55 Å².